The smallest absolute Gasteiger partial charge is 0.127 e. The molecule has 1 aliphatic rings. The van der Waals surface area contributed by atoms with E-state index in [1.54, 1.807) is 14.2 Å². The summed E-state index contributed by atoms with van der Waals surface area (Å²) in [7, 11) is 3.28. The van der Waals surface area contributed by atoms with Gasteiger partial charge in [0.25, 0.3) is 0 Å². The lowest BCUT2D eigenvalue weighted by Crippen LogP contribution is -2.52. The zero-order valence-corrected chi connectivity index (χ0v) is 14.6. The van der Waals surface area contributed by atoms with Gasteiger partial charge in [0, 0.05) is 31.2 Å². The van der Waals surface area contributed by atoms with E-state index in [1.165, 1.54) is 0 Å². The SMILES string of the molecule is CCCN1CCN(C(C#N)c2cc(OC)ccc2OC)CC1C. The number of piperazine rings is 1. The van der Waals surface area contributed by atoms with Crippen molar-refractivity contribution in [1.29, 1.82) is 5.26 Å². The van der Waals surface area contributed by atoms with Gasteiger partial charge in [-0.3, -0.25) is 9.80 Å². The Hall–Kier alpha value is -1.77. The van der Waals surface area contributed by atoms with Crippen molar-refractivity contribution in [3.63, 3.8) is 0 Å². The second kappa shape index (κ2) is 8.19. The van der Waals surface area contributed by atoms with Crippen LogP contribution >= 0.6 is 0 Å². The molecule has 1 heterocycles. The van der Waals surface area contributed by atoms with Crippen LogP contribution in [0, 0.1) is 11.3 Å². The maximum atomic E-state index is 9.77. The minimum atomic E-state index is -0.314. The fourth-order valence-electron chi connectivity index (χ4n) is 3.28. The first-order valence-corrected chi connectivity index (χ1v) is 8.24. The van der Waals surface area contributed by atoms with Crippen LogP contribution in [-0.2, 0) is 0 Å². The first kappa shape index (κ1) is 17.6. The highest BCUT2D eigenvalue weighted by Gasteiger charge is 2.30. The summed E-state index contributed by atoms with van der Waals surface area (Å²) in [6.07, 6.45) is 1.16. The van der Waals surface area contributed by atoms with E-state index in [0.717, 1.165) is 49.7 Å². The quantitative estimate of drug-likeness (QED) is 0.807. The summed E-state index contributed by atoms with van der Waals surface area (Å²) in [5.74, 6) is 1.49. The predicted molar refractivity (Wildman–Crippen MR) is 90.8 cm³/mol. The number of rotatable bonds is 6. The van der Waals surface area contributed by atoms with Crippen molar-refractivity contribution in [2.75, 3.05) is 40.4 Å². The van der Waals surface area contributed by atoms with Gasteiger partial charge in [0.05, 0.1) is 20.3 Å². The van der Waals surface area contributed by atoms with Crippen LogP contribution < -0.4 is 9.47 Å². The summed E-state index contributed by atoms with van der Waals surface area (Å²) >= 11 is 0. The largest absolute Gasteiger partial charge is 0.497 e. The molecule has 0 spiro atoms. The van der Waals surface area contributed by atoms with Gasteiger partial charge in [-0.15, -0.1) is 0 Å². The summed E-state index contributed by atoms with van der Waals surface area (Å²) in [5, 5.41) is 9.77. The molecule has 1 saturated heterocycles. The summed E-state index contributed by atoms with van der Waals surface area (Å²) in [6.45, 7) is 8.34. The normalized spacial score (nSPS) is 20.7. The van der Waals surface area contributed by atoms with E-state index in [0.29, 0.717) is 6.04 Å². The zero-order valence-electron chi connectivity index (χ0n) is 14.6. The number of nitriles is 1. The van der Waals surface area contributed by atoms with Crippen molar-refractivity contribution < 1.29 is 9.47 Å². The van der Waals surface area contributed by atoms with Crippen molar-refractivity contribution in [3.8, 4) is 17.6 Å². The van der Waals surface area contributed by atoms with Gasteiger partial charge in [-0.05, 0) is 38.1 Å². The first-order valence-electron chi connectivity index (χ1n) is 8.24. The Morgan fingerprint density at radius 2 is 2.09 bits per heavy atom. The molecule has 23 heavy (non-hydrogen) atoms. The molecule has 0 N–H and O–H groups in total. The highest BCUT2D eigenvalue weighted by atomic mass is 16.5. The van der Waals surface area contributed by atoms with Crippen LogP contribution in [0.25, 0.3) is 0 Å². The maximum absolute atomic E-state index is 9.77. The van der Waals surface area contributed by atoms with Gasteiger partial charge in [-0.1, -0.05) is 6.92 Å². The van der Waals surface area contributed by atoms with Crippen LogP contribution in [0.15, 0.2) is 18.2 Å². The Labute approximate surface area is 139 Å². The van der Waals surface area contributed by atoms with Crippen LogP contribution in [0.2, 0.25) is 0 Å². The predicted octanol–water partition coefficient (Wildman–Crippen LogP) is 2.68. The second-order valence-electron chi connectivity index (χ2n) is 6.02. The third kappa shape index (κ3) is 3.95. The minimum absolute atomic E-state index is 0.314. The van der Waals surface area contributed by atoms with Gasteiger partial charge in [-0.2, -0.15) is 5.26 Å². The average Bonchev–Trinajstić information content (AvgIpc) is 2.58. The second-order valence-corrected chi connectivity index (χ2v) is 6.02. The molecule has 0 aromatic heterocycles. The van der Waals surface area contributed by atoms with Gasteiger partial charge in [0.2, 0.25) is 0 Å². The van der Waals surface area contributed by atoms with Gasteiger partial charge in [-0.25, -0.2) is 0 Å². The van der Waals surface area contributed by atoms with Crippen molar-refractivity contribution in [2.24, 2.45) is 0 Å². The lowest BCUT2D eigenvalue weighted by Gasteiger charge is -2.41. The monoisotopic (exact) mass is 317 g/mol. The first-order chi connectivity index (χ1) is 11.1. The molecule has 0 radical (unpaired) electrons. The van der Waals surface area contributed by atoms with E-state index < -0.39 is 0 Å². The van der Waals surface area contributed by atoms with E-state index in [1.807, 2.05) is 18.2 Å². The Morgan fingerprint density at radius 3 is 2.65 bits per heavy atom. The van der Waals surface area contributed by atoms with E-state index in [9.17, 15) is 5.26 Å². The molecule has 0 bridgehead atoms. The summed E-state index contributed by atoms with van der Waals surface area (Å²) < 4.78 is 10.8. The highest BCUT2D eigenvalue weighted by molar-refractivity contribution is 5.44. The summed E-state index contributed by atoms with van der Waals surface area (Å²) in [6, 6.07) is 8.24. The lowest BCUT2D eigenvalue weighted by molar-refractivity contribution is 0.0684. The molecule has 0 amide bonds. The van der Waals surface area contributed by atoms with Gasteiger partial charge in [0.15, 0.2) is 0 Å². The van der Waals surface area contributed by atoms with Crippen LogP contribution in [-0.4, -0.2) is 56.2 Å². The molecule has 1 aromatic carbocycles. The number of hydrogen-bond acceptors (Lipinski definition) is 5. The van der Waals surface area contributed by atoms with Gasteiger partial charge >= 0.3 is 0 Å². The fourth-order valence-corrected chi connectivity index (χ4v) is 3.28. The fraction of sp³-hybridized carbons (Fsp3) is 0.611. The Kier molecular flexibility index (Phi) is 6.26. The lowest BCUT2D eigenvalue weighted by atomic mass is 10.0. The van der Waals surface area contributed by atoms with Crippen LogP contribution in [0.3, 0.4) is 0 Å². The van der Waals surface area contributed by atoms with Crippen molar-refractivity contribution in [3.05, 3.63) is 23.8 Å². The third-order valence-corrected chi connectivity index (χ3v) is 4.53. The number of ether oxygens (including phenoxy) is 2. The van der Waals surface area contributed by atoms with Crippen LogP contribution in [0.1, 0.15) is 31.9 Å². The minimum Gasteiger partial charge on any atom is -0.497 e. The molecule has 1 fully saturated rings. The molecule has 2 rings (SSSR count). The standard InChI is InChI=1S/C18H27N3O2/c1-5-8-20-9-10-21(13-14(20)2)17(12-19)16-11-15(22-3)6-7-18(16)23-4/h6-7,11,14,17H,5,8-10,13H2,1-4H3. The maximum Gasteiger partial charge on any atom is 0.127 e. The molecular formula is C18H27N3O2. The zero-order chi connectivity index (χ0) is 16.8. The van der Waals surface area contributed by atoms with Gasteiger partial charge < -0.3 is 9.47 Å². The molecule has 5 nitrogen and oxygen atoms in total. The number of nitrogens with zero attached hydrogens (tertiary/aromatic N) is 3. The Bertz CT molecular complexity index is 556. The Balaban J connectivity index is 2.22. The summed E-state index contributed by atoms with van der Waals surface area (Å²) in [4.78, 5) is 4.74. The molecule has 1 aliphatic heterocycles. The molecule has 2 unspecified atom stereocenters. The number of benzene rings is 1. The van der Waals surface area contributed by atoms with Crippen molar-refractivity contribution in [2.45, 2.75) is 32.4 Å². The van der Waals surface area contributed by atoms with E-state index in [2.05, 4.69) is 29.7 Å². The van der Waals surface area contributed by atoms with Gasteiger partial charge in [0.1, 0.15) is 17.5 Å². The number of hydrogen-bond donors (Lipinski definition) is 0. The molecular weight excluding hydrogens is 290 g/mol. The van der Waals surface area contributed by atoms with Crippen molar-refractivity contribution in [1.82, 2.24) is 9.80 Å². The van der Waals surface area contributed by atoms with Crippen LogP contribution in [0.4, 0.5) is 0 Å². The van der Waals surface area contributed by atoms with Crippen LogP contribution in [0.5, 0.6) is 11.5 Å². The molecule has 5 heteroatoms. The average molecular weight is 317 g/mol. The van der Waals surface area contributed by atoms with E-state index in [4.69, 9.17) is 9.47 Å². The molecule has 0 aliphatic carbocycles. The summed E-state index contributed by atoms with van der Waals surface area (Å²) in [5.41, 5.74) is 0.880. The molecule has 1 aromatic rings. The van der Waals surface area contributed by atoms with Crippen molar-refractivity contribution >= 4 is 0 Å². The molecule has 0 saturated carbocycles. The third-order valence-electron chi connectivity index (χ3n) is 4.53. The highest BCUT2D eigenvalue weighted by Crippen LogP contribution is 2.33. The molecule has 2 atom stereocenters. The topological polar surface area (TPSA) is 48.7 Å². The van der Waals surface area contributed by atoms with E-state index >= 15 is 0 Å². The van der Waals surface area contributed by atoms with E-state index in [-0.39, 0.29) is 6.04 Å². The molecule has 126 valence electrons. The Morgan fingerprint density at radius 1 is 1.30 bits per heavy atom. The number of methoxy groups -OCH3 is 2.